The van der Waals surface area contributed by atoms with Crippen LogP contribution in [-0.2, 0) is 9.59 Å². The third-order valence-electron chi connectivity index (χ3n) is 0.826. The molecule has 0 rings (SSSR count). The van der Waals surface area contributed by atoms with Crippen molar-refractivity contribution in [3.8, 4) is 0 Å². The zero-order valence-electron chi connectivity index (χ0n) is 7.97. The number of carboxylic acid groups (broad SMARTS) is 2. The second-order valence-corrected chi connectivity index (χ2v) is 2.48. The minimum Gasteiger partial charge on any atom is -0.548 e. The molecule has 8 heteroatoms. The van der Waals surface area contributed by atoms with Gasteiger partial charge in [0.15, 0.2) is 0 Å². The Balaban J connectivity index is -0.000000209. The summed E-state index contributed by atoms with van der Waals surface area (Å²) in [6, 6.07) is -1.40. The van der Waals surface area contributed by atoms with E-state index in [0.717, 1.165) is 5.75 Å². The number of carbonyl (C=O) groups excluding carboxylic acids is 1. The van der Waals surface area contributed by atoms with Gasteiger partial charge >= 0.3 is 57.4 Å². The first-order valence-electron chi connectivity index (χ1n) is 3.44. The maximum Gasteiger partial charge on any atom is 1.00 e. The number of rotatable bonds is 4. The second-order valence-electron chi connectivity index (χ2n) is 2.04. The molecular formula is C6H13KN2O4S. The summed E-state index contributed by atoms with van der Waals surface area (Å²) in [6.45, 7) is 0.684. The van der Waals surface area contributed by atoms with E-state index in [1.165, 1.54) is 0 Å². The number of hydrogen-bond acceptors (Lipinski definition) is 6. The Labute approximate surface area is 130 Å². The average molecular weight is 248 g/mol. The zero-order valence-corrected chi connectivity index (χ0v) is 12.0. The molecule has 0 fully saturated rings. The first-order valence-corrected chi connectivity index (χ1v) is 4.08. The summed E-state index contributed by atoms with van der Waals surface area (Å²) in [5, 5.41) is 17.7. The number of nitrogens with two attached hydrogens (primary N) is 2. The first-order chi connectivity index (χ1) is 5.95. The molecule has 5 N–H and O–H groups in total. The van der Waals surface area contributed by atoms with Crippen LogP contribution in [0.25, 0.3) is 0 Å². The zero-order chi connectivity index (χ0) is 10.9. The molecule has 1 atom stereocenters. The molecule has 0 unspecified atom stereocenters. The number of carbonyl (C=O) groups is 2. The van der Waals surface area contributed by atoms with Gasteiger partial charge in [-0.2, -0.15) is 12.6 Å². The van der Waals surface area contributed by atoms with Crippen molar-refractivity contribution in [3.05, 3.63) is 0 Å². The number of aliphatic carboxylic acids is 2. The van der Waals surface area contributed by atoms with E-state index in [2.05, 4.69) is 12.6 Å². The minimum atomic E-state index is -1.54. The summed E-state index contributed by atoms with van der Waals surface area (Å²) < 4.78 is 0. The van der Waals surface area contributed by atoms with E-state index in [9.17, 15) is 14.7 Å². The maximum atomic E-state index is 9.74. The molecule has 0 bridgehead atoms. The van der Waals surface area contributed by atoms with Crippen LogP contribution in [0.4, 0.5) is 0 Å². The van der Waals surface area contributed by atoms with Crippen LogP contribution in [0.2, 0.25) is 0 Å². The van der Waals surface area contributed by atoms with Gasteiger partial charge in [0.1, 0.15) is 0 Å². The summed E-state index contributed by atoms with van der Waals surface area (Å²) in [7, 11) is 0. The normalized spacial score (nSPS) is 10.2. The molecule has 78 valence electrons. The van der Waals surface area contributed by atoms with Crippen LogP contribution >= 0.6 is 12.6 Å². The Morgan fingerprint density at radius 1 is 1.50 bits per heavy atom. The molecular weight excluding hydrogens is 235 g/mol. The first kappa shape index (κ1) is 20.3. The predicted molar refractivity (Wildman–Crippen MR) is 48.1 cm³/mol. The molecule has 0 aliphatic heterocycles. The Kier molecular flexibility index (Phi) is 20.1. The van der Waals surface area contributed by atoms with Gasteiger partial charge in [0.2, 0.25) is 0 Å². The molecule has 0 aliphatic rings. The van der Waals surface area contributed by atoms with E-state index in [4.69, 9.17) is 16.6 Å². The van der Waals surface area contributed by atoms with E-state index < -0.39 is 24.4 Å². The molecule has 0 heterocycles. The van der Waals surface area contributed by atoms with Crippen LogP contribution in [0.1, 0.15) is 6.42 Å². The van der Waals surface area contributed by atoms with E-state index in [-0.39, 0.29) is 51.4 Å². The largest absolute Gasteiger partial charge is 1.00 e. The van der Waals surface area contributed by atoms with Crippen LogP contribution in [0.3, 0.4) is 0 Å². The van der Waals surface area contributed by atoms with Gasteiger partial charge in [-0.1, -0.05) is 0 Å². The molecule has 14 heavy (non-hydrogen) atoms. The molecule has 0 aromatic rings. The predicted octanol–water partition coefficient (Wildman–Crippen LogP) is -5.58. The van der Waals surface area contributed by atoms with E-state index in [1.54, 1.807) is 0 Å². The molecule has 0 saturated heterocycles. The van der Waals surface area contributed by atoms with Crippen molar-refractivity contribution in [2.24, 2.45) is 11.5 Å². The van der Waals surface area contributed by atoms with Gasteiger partial charge in [0.25, 0.3) is 0 Å². The van der Waals surface area contributed by atoms with Crippen molar-refractivity contribution in [2.45, 2.75) is 12.5 Å². The van der Waals surface area contributed by atoms with Crippen molar-refractivity contribution in [1.29, 1.82) is 0 Å². The van der Waals surface area contributed by atoms with Gasteiger partial charge in [0.05, 0.1) is 18.4 Å². The van der Waals surface area contributed by atoms with E-state index in [0.29, 0.717) is 6.54 Å². The number of thiol groups is 1. The quantitative estimate of drug-likeness (QED) is 0.290. The molecule has 0 spiro atoms. The van der Waals surface area contributed by atoms with Crippen LogP contribution in [0, 0.1) is 0 Å². The Morgan fingerprint density at radius 3 is 1.93 bits per heavy atom. The molecule has 0 saturated carbocycles. The van der Waals surface area contributed by atoms with Gasteiger partial charge in [0, 0.05) is 12.3 Å². The van der Waals surface area contributed by atoms with Gasteiger partial charge < -0.3 is 26.5 Å². The van der Waals surface area contributed by atoms with Crippen molar-refractivity contribution in [3.63, 3.8) is 0 Å². The van der Waals surface area contributed by atoms with E-state index in [1.807, 2.05) is 0 Å². The summed E-state index contributed by atoms with van der Waals surface area (Å²) in [5.74, 6) is -2.00. The fourth-order valence-corrected chi connectivity index (χ4v) is 0.271. The smallest absolute Gasteiger partial charge is 0.548 e. The molecule has 0 aliphatic carbocycles. The minimum absolute atomic E-state index is 0. The number of carboxylic acids is 2. The van der Waals surface area contributed by atoms with Crippen LogP contribution < -0.4 is 68.0 Å². The Hall–Kier alpha value is 0.846. The monoisotopic (exact) mass is 248 g/mol. The fourth-order valence-electron chi connectivity index (χ4n) is 0.271. The van der Waals surface area contributed by atoms with E-state index >= 15 is 0 Å². The van der Waals surface area contributed by atoms with Gasteiger partial charge in [-0.3, -0.25) is 4.79 Å². The van der Waals surface area contributed by atoms with Crippen molar-refractivity contribution < 1.29 is 71.2 Å². The molecule has 0 aromatic heterocycles. The van der Waals surface area contributed by atoms with Crippen LogP contribution in [0.15, 0.2) is 0 Å². The summed E-state index contributed by atoms with van der Waals surface area (Å²) in [5.41, 5.74) is 9.73. The molecule has 0 radical (unpaired) electrons. The molecule has 0 aromatic carbocycles. The molecule has 0 amide bonds. The second kappa shape index (κ2) is 13.8. The number of hydrogen-bond donors (Lipinski definition) is 4. The van der Waals surface area contributed by atoms with Crippen molar-refractivity contribution in [1.82, 2.24) is 0 Å². The van der Waals surface area contributed by atoms with Crippen molar-refractivity contribution in [2.75, 3.05) is 12.3 Å². The third-order valence-corrected chi connectivity index (χ3v) is 1.08. The van der Waals surface area contributed by atoms with Crippen LogP contribution in [-0.4, -0.2) is 35.4 Å². The third kappa shape index (κ3) is 18.6. The average Bonchev–Trinajstić information content (AvgIpc) is 2.03. The van der Waals surface area contributed by atoms with Crippen LogP contribution in [0.5, 0.6) is 0 Å². The molecule has 6 nitrogen and oxygen atoms in total. The standard InChI is InChI=1S/C4H7NO4.C2H7NS.K/c5-2(4(8)9)1-3(6)7;3-1-2-4;/h2H,1,5H2,(H,6,7)(H,8,9);4H,1-3H2;/q;;+1/p-1/t2-;;/m0../s1. The summed E-state index contributed by atoms with van der Waals surface area (Å²) in [6.07, 6.45) is -0.595. The SMILES string of the molecule is NCCS.N[C@@H](CC(=O)O)C(=O)[O-].[K+]. The summed E-state index contributed by atoms with van der Waals surface area (Å²) in [4.78, 5) is 19.5. The van der Waals surface area contributed by atoms with Gasteiger partial charge in [-0.05, 0) is 0 Å². The topological polar surface area (TPSA) is 129 Å². The summed E-state index contributed by atoms with van der Waals surface area (Å²) >= 11 is 3.80. The fraction of sp³-hybridized carbons (Fsp3) is 0.667. The van der Waals surface area contributed by atoms with Gasteiger partial charge in [-0.15, -0.1) is 0 Å². The van der Waals surface area contributed by atoms with Crippen molar-refractivity contribution >= 4 is 24.6 Å². The van der Waals surface area contributed by atoms with Gasteiger partial charge in [-0.25, -0.2) is 0 Å². The Bertz CT molecular complexity index is 168. The maximum absolute atomic E-state index is 9.74. The Morgan fingerprint density at radius 2 is 1.86 bits per heavy atom.